The molecule has 4 nitrogen and oxygen atoms in total. The van der Waals surface area contributed by atoms with Gasteiger partial charge in [-0.05, 0) is 132 Å². The van der Waals surface area contributed by atoms with E-state index in [1.54, 1.807) is 0 Å². The average molecular weight is 542 g/mol. The third kappa shape index (κ3) is 5.62. The summed E-state index contributed by atoms with van der Waals surface area (Å²) in [5.41, 5.74) is 8.19. The molecule has 2 saturated heterocycles. The standard InChI is InChI=1S/C36H51N3O/c1-8-16-38(17-9-2)22-26(5)33-31-21-29(36(6,7)35(40)39-23-27-10-13-30(39)14-11-27)12-15-32(31)37-34(33)28-19-24(3)18-25(4)20-28/h12,15,18-21,26-27,30,37H,8-11,13-14,16-17,22-23H2,1-7H3/t26-,27?,30?/m1/s1. The highest BCUT2D eigenvalue weighted by molar-refractivity contribution is 5.94. The van der Waals surface area contributed by atoms with Gasteiger partial charge in [-0.25, -0.2) is 0 Å². The van der Waals surface area contributed by atoms with Crippen molar-refractivity contribution in [2.45, 2.75) is 104 Å². The molecule has 2 bridgehead atoms. The largest absolute Gasteiger partial charge is 0.354 e. The first-order chi connectivity index (χ1) is 19.1. The first-order valence-corrected chi connectivity index (χ1v) is 15.9. The second kappa shape index (κ2) is 11.7. The van der Waals surface area contributed by atoms with Crippen LogP contribution in [0.25, 0.3) is 22.2 Å². The Hall–Kier alpha value is -2.59. The summed E-state index contributed by atoms with van der Waals surface area (Å²) >= 11 is 0. The van der Waals surface area contributed by atoms with Crippen molar-refractivity contribution < 1.29 is 4.79 Å². The molecule has 40 heavy (non-hydrogen) atoms. The number of aromatic nitrogens is 1. The van der Waals surface area contributed by atoms with Crippen LogP contribution in [-0.4, -0.2) is 52.9 Å². The third-order valence-electron chi connectivity index (χ3n) is 9.68. The number of amides is 1. The maximum atomic E-state index is 14.1. The van der Waals surface area contributed by atoms with Crippen molar-refractivity contribution in [2.75, 3.05) is 26.2 Å². The Balaban J connectivity index is 1.58. The van der Waals surface area contributed by atoms with Crippen molar-refractivity contribution in [3.05, 3.63) is 58.7 Å². The van der Waals surface area contributed by atoms with E-state index in [9.17, 15) is 4.79 Å². The molecule has 3 fully saturated rings. The molecule has 1 atom stereocenters. The van der Waals surface area contributed by atoms with Crippen LogP contribution in [0, 0.1) is 19.8 Å². The molecule has 2 aliphatic heterocycles. The van der Waals surface area contributed by atoms with E-state index in [0.29, 0.717) is 23.8 Å². The molecule has 1 amide bonds. The summed E-state index contributed by atoms with van der Waals surface area (Å²) in [7, 11) is 0. The van der Waals surface area contributed by atoms with Crippen LogP contribution in [-0.2, 0) is 10.2 Å². The number of rotatable bonds is 10. The van der Waals surface area contributed by atoms with Crippen LogP contribution >= 0.6 is 0 Å². The van der Waals surface area contributed by atoms with Gasteiger partial charge in [0.2, 0.25) is 5.91 Å². The minimum Gasteiger partial charge on any atom is -0.354 e. The number of H-pyrrole nitrogens is 1. The predicted molar refractivity (Wildman–Crippen MR) is 169 cm³/mol. The summed E-state index contributed by atoms with van der Waals surface area (Å²) in [6, 6.07) is 14.1. The summed E-state index contributed by atoms with van der Waals surface area (Å²) in [5.74, 6) is 1.35. The van der Waals surface area contributed by atoms with Crippen LogP contribution in [0.15, 0.2) is 36.4 Å². The molecule has 6 rings (SSSR count). The Kier molecular flexibility index (Phi) is 8.47. The van der Waals surface area contributed by atoms with Crippen LogP contribution in [0.5, 0.6) is 0 Å². The number of hydrogen-bond acceptors (Lipinski definition) is 2. The number of carbonyl (C=O) groups is 1. The van der Waals surface area contributed by atoms with Gasteiger partial charge in [0.25, 0.3) is 0 Å². The molecule has 0 unspecified atom stereocenters. The summed E-state index contributed by atoms with van der Waals surface area (Å²) in [5, 5.41) is 1.27. The lowest BCUT2D eigenvalue weighted by atomic mass is 9.76. The second-order valence-corrected chi connectivity index (χ2v) is 13.5. The lowest BCUT2D eigenvalue weighted by molar-refractivity contribution is -0.144. The molecule has 3 aromatic rings. The fourth-order valence-electron chi connectivity index (χ4n) is 7.66. The number of nitrogens with one attached hydrogen (secondary N) is 1. The number of aryl methyl sites for hydroxylation is 2. The van der Waals surface area contributed by atoms with E-state index in [4.69, 9.17) is 0 Å². The van der Waals surface area contributed by atoms with Gasteiger partial charge in [0, 0.05) is 30.0 Å². The van der Waals surface area contributed by atoms with E-state index < -0.39 is 5.41 Å². The molecule has 3 aliphatic rings. The molecular formula is C36H51N3O. The Morgan fingerprint density at radius 3 is 2.23 bits per heavy atom. The molecule has 2 aromatic carbocycles. The van der Waals surface area contributed by atoms with Crippen molar-refractivity contribution in [3.8, 4) is 11.3 Å². The van der Waals surface area contributed by atoms with E-state index in [-0.39, 0.29) is 0 Å². The maximum absolute atomic E-state index is 14.1. The SMILES string of the molecule is CCCN(CCC)C[C@@H](C)c1c(-c2cc(C)cc(C)c2)[nH]c2ccc(C(C)(C)C(=O)N3CC4CCC3CC4)cc12. The van der Waals surface area contributed by atoms with E-state index in [1.165, 1.54) is 71.9 Å². The van der Waals surface area contributed by atoms with Crippen LogP contribution < -0.4 is 0 Å². The summed E-state index contributed by atoms with van der Waals surface area (Å²) in [6.07, 6.45) is 7.28. The van der Waals surface area contributed by atoms with E-state index in [2.05, 4.69) is 99.6 Å². The van der Waals surface area contributed by atoms with Crippen molar-refractivity contribution in [1.82, 2.24) is 14.8 Å². The van der Waals surface area contributed by atoms with Crippen LogP contribution in [0.2, 0.25) is 0 Å². The van der Waals surface area contributed by atoms with Gasteiger partial charge in [-0.3, -0.25) is 4.79 Å². The number of fused-ring (bicyclic) bond motifs is 4. The highest BCUT2D eigenvalue weighted by Crippen LogP contribution is 2.41. The highest BCUT2D eigenvalue weighted by Gasteiger charge is 2.42. The Morgan fingerprint density at radius 1 is 1.00 bits per heavy atom. The lowest BCUT2D eigenvalue weighted by Gasteiger charge is -2.47. The van der Waals surface area contributed by atoms with Gasteiger partial charge in [-0.2, -0.15) is 0 Å². The quantitative estimate of drug-likeness (QED) is 0.280. The topological polar surface area (TPSA) is 39.3 Å². The molecule has 216 valence electrons. The Labute approximate surface area is 242 Å². The zero-order valence-corrected chi connectivity index (χ0v) is 26.1. The minimum absolute atomic E-state index is 0.304. The van der Waals surface area contributed by atoms with Gasteiger partial charge in [0.15, 0.2) is 0 Å². The fraction of sp³-hybridized carbons (Fsp3) is 0.583. The minimum atomic E-state index is -0.556. The second-order valence-electron chi connectivity index (χ2n) is 13.5. The first-order valence-electron chi connectivity index (χ1n) is 15.9. The van der Waals surface area contributed by atoms with E-state index in [0.717, 1.165) is 37.3 Å². The molecule has 1 aromatic heterocycles. The normalized spacial score (nSPS) is 20.1. The number of benzene rings is 2. The molecule has 1 aliphatic carbocycles. The Morgan fingerprint density at radius 2 is 1.65 bits per heavy atom. The van der Waals surface area contributed by atoms with Gasteiger partial charge < -0.3 is 14.8 Å². The number of carbonyl (C=O) groups excluding carboxylic acids is 1. The number of nitrogens with zero attached hydrogens (tertiary/aromatic N) is 2. The van der Waals surface area contributed by atoms with Crippen LogP contribution in [0.4, 0.5) is 0 Å². The van der Waals surface area contributed by atoms with Gasteiger partial charge >= 0.3 is 0 Å². The first kappa shape index (κ1) is 28.9. The van der Waals surface area contributed by atoms with Crippen molar-refractivity contribution in [3.63, 3.8) is 0 Å². The van der Waals surface area contributed by atoms with Crippen molar-refractivity contribution >= 4 is 16.8 Å². The van der Waals surface area contributed by atoms with Crippen LogP contribution in [0.1, 0.15) is 101 Å². The van der Waals surface area contributed by atoms with Gasteiger partial charge in [-0.15, -0.1) is 0 Å². The summed E-state index contributed by atoms with van der Waals surface area (Å²) in [6.45, 7) is 19.8. The smallest absolute Gasteiger partial charge is 0.232 e. The van der Waals surface area contributed by atoms with Gasteiger partial charge in [-0.1, -0.05) is 44.0 Å². The molecule has 1 N–H and O–H groups in total. The lowest BCUT2D eigenvalue weighted by Crippen LogP contribution is -2.55. The number of hydrogen-bond donors (Lipinski definition) is 1. The molecule has 4 heteroatoms. The molecular weight excluding hydrogens is 490 g/mol. The molecule has 1 saturated carbocycles. The monoisotopic (exact) mass is 541 g/mol. The fourth-order valence-corrected chi connectivity index (χ4v) is 7.66. The average Bonchev–Trinajstić information content (AvgIpc) is 3.32. The number of aromatic amines is 1. The van der Waals surface area contributed by atoms with Crippen molar-refractivity contribution in [2.24, 2.45) is 5.92 Å². The third-order valence-corrected chi connectivity index (χ3v) is 9.68. The zero-order valence-electron chi connectivity index (χ0n) is 26.1. The highest BCUT2D eigenvalue weighted by atomic mass is 16.2. The Bertz CT molecular complexity index is 1320. The van der Waals surface area contributed by atoms with E-state index >= 15 is 0 Å². The zero-order chi connectivity index (χ0) is 28.6. The van der Waals surface area contributed by atoms with Crippen LogP contribution in [0.3, 0.4) is 0 Å². The number of piperidine rings is 2. The maximum Gasteiger partial charge on any atom is 0.232 e. The molecule has 0 radical (unpaired) electrons. The molecule has 0 spiro atoms. The summed E-state index contributed by atoms with van der Waals surface area (Å²) in [4.78, 5) is 22.8. The van der Waals surface area contributed by atoms with Crippen molar-refractivity contribution in [1.29, 1.82) is 0 Å². The van der Waals surface area contributed by atoms with Gasteiger partial charge in [0.05, 0.1) is 11.1 Å². The predicted octanol–water partition coefficient (Wildman–Crippen LogP) is 8.36. The van der Waals surface area contributed by atoms with E-state index in [1.807, 2.05) is 0 Å². The van der Waals surface area contributed by atoms with Gasteiger partial charge in [0.1, 0.15) is 0 Å². The molecule has 3 heterocycles. The summed E-state index contributed by atoms with van der Waals surface area (Å²) < 4.78 is 0.